The minimum absolute atomic E-state index is 0.00211. The molecule has 0 aliphatic heterocycles. The van der Waals surface area contributed by atoms with Crippen LogP contribution in [0.5, 0.6) is 0 Å². The molecule has 0 spiro atoms. The SMILES string of the molecule is O=C(NCc1ccccc1)c1nc2nc(=O)c(Cc3ccc(F)cc3)cn2o1. The summed E-state index contributed by atoms with van der Waals surface area (Å²) in [7, 11) is 0. The third-order valence-corrected chi connectivity index (χ3v) is 4.13. The predicted octanol–water partition coefficient (Wildman–Crippen LogP) is 2.34. The number of hydrogen-bond donors (Lipinski definition) is 1. The summed E-state index contributed by atoms with van der Waals surface area (Å²) >= 11 is 0. The summed E-state index contributed by atoms with van der Waals surface area (Å²) in [6.07, 6.45) is 1.69. The molecule has 1 N–H and O–H groups in total. The fourth-order valence-corrected chi connectivity index (χ4v) is 2.70. The number of hydrogen-bond acceptors (Lipinski definition) is 5. The Hall–Kier alpha value is -3.81. The number of halogens is 1. The quantitative estimate of drug-likeness (QED) is 0.576. The second-order valence-electron chi connectivity index (χ2n) is 6.18. The fourth-order valence-electron chi connectivity index (χ4n) is 2.70. The van der Waals surface area contributed by atoms with E-state index in [4.69, 9.17) is 4.52 Å². The van der Waals surface area contributed by atoms with Crippen molar-refractivity contribution in [1.29, 1.82) is 0 Å². The second-order valence-corrected chi connectivity index (χ2v) is 6.18. The lowest BCUT2D eigenvalue weighted by atomic mass is 10.1. The smallest absolute Gasteiger partial charge is 0.315 e. The maximum Gasteiger partial charge on any atom is 0.315 e. The molecule has 140 valence electrons. The average molecular weight is 378 g/mol. The van der Waals surface area contributed by atoms with Crippen LogP contribution in [-0.2, 0) is 13.0 Å². The van der Waals surface area contributed by atoms with E-state index in [0.29, 0.717) is 12.1 Å². The molecule has 1 amide bonds. The van der Waals surface area contributed by atoms with Gasteiger partial charge >= 0.3 is 11.8 Å². The second kappa shape index (κ2) is 7.43. The van der Waals surface area contributed by atoms with Crippen LogP contribution in [-0.4, -0.2) is 20.4 Å². The molecular weight excluding hydrogens is 363 g/mol. The maximum absolute atomic E-state index is 13.0. The summed E-state index contributed by atoms with van der Waals surface area (Å²) < 4.78 is 19.6. The van der Waals surface area contributed by atoms with Gasteiger partial charge in [-0.3, -0.25) is 9.59 Å². The van der Waals surface area contributed by atoms with Gasteiger partial charge < -0.3 is 9.84 Å². The lowest BCUT2D eigenvalue weighted by molar-refractivity contribution is 0.0902. The molecule has 0 aliphatic carbocycles. The normalized spacial score (nSPS) is 10.9. The van der Waals surface area contributed by atoms with Crippen molar-refractivity contribution in [2.45, 2.75) is 13.0 Å². The van der Waals surface area contributed by atoms with Crippen molar-refractivity contribution in [2.24, 2.45) is 0 Å². The number of amides is 1. The molecular formula is C20H15FN4O3. The van der Waals surface area contributed by atoms with Gasteiger partial charge in [0.15, 0.2) is 0 Å². The van der Waals surface area contributed by atoms with Crippen molar-refractivity contribution in [3.8, 4) is 0 Å². The highest BCUT2D eigenvalue weighted by Crippen LogP contribution is 2.09. The van der Waals surface area contributed by atoms with Crippen LogP contribution in [0, 0.1) is 5.82 Å². The zero-order valence-electron chi connectivity index (χ0n) is 14.6. The molecule has 8 heteroatoms. The minimum atomic E-state index is -0.512. The van der Waals surface area contributed by atoms with Gasteiger partial charge in [-0.05, 0) is 23.3 Å². The molecule has 4 aromatic rings. The highest BCUT2D eigenvalue weighted by atomic mass is 19.1. The Morgan fingerprint density at radius 3 is 2.54 bits per heavy atom. The van der Waals surface area contributed by atoms with Gasteiger partial charge in [-0.15, -0.1) is 4.57 Å². The zero-order chi connectivity index (χ0) is 19.5. The predicted molar refractivity (Wildman–Crippen MR) is 98.3 cm³/mol. The van der Waals surface area contributed by atoms with E-state index >= 15 is 0 Å². The summed E-state index contributed by atoms with van der Waals surface area (Å²) in [6, 6.07) is 15.2. The van der Waals surface area contributed by atoms with Crippen LogP contribution in [0.2, 0.25) is 0 Å². The van der Waals surface area contributed by atoms with E-state index in [9.17, 15) is 14.0 Å². The molecule has 2 heterocycles. The molecule has 0 atom stereocenters. The van der Waals surface area contributed by atoms with Crippen molar-refractivity contribution in [3.05, 3.63) is 99.5 Å². The molecule has 4 rings (SSSR count). The van der Waals surface area contributed by atoms with Gasteiger partial charge in [0.2, 0.25) is 0 Å². The Kier molecular flexibility index (Phi) is 4.67. The molecule has 28 heavy (non-hydrogen) atoms. The molecule has 0 bridgehead atoms. The van der Waals surface area contributed by atoms with Gasteiger partial charge in [-0.2, -0.15) is 9.97 Å². The molecule has 2 aromatic heterocycles. The van der Waals surface area contributed by atoms with Gasteiger partial charge in [-0.1, -0.05) is 42.5 Å². The Balaban J connectivity index is 1.54. The number of carbonyl (C=O) groups is 1. The highest BCUT2D eigenvalue weighted by molar-refractivity contribution is 5.89. The van der Waals surface area contributed by atoms with E-state index in [1.54, 1.807) is 12.1 Å². The molecule has 0 aliphatic rings. The van der Waals surface area contributed by atoms with E-state index in [1.165, 1.54) is 22.9 Å². The van der Waals surface area contributed by atoms with Gasteiger partial charge in [0.1, 0.15) is 5.82 Å². The van der Waals surface area contributed by atoms with Gasteiger partial charge in [0.25, 0.3) is 11.3 Å². The van der Waals surface area contributed by atoms with Gasteiger partial charge in [-0.25, -0.2) is 4.39 Å². The van der Waals surface area contributed by atoms with E-state index in [0.717, 1.165) is 11.1 Å². The van der Waals surface area contributed by atoms with Crippen molar-refractivity contribution < 1.29 is 13.7 Å². The largest absolute Gasteiger partial charge is 0.346 e. The molecule has 7 nitrogen and oxygen atoms in total. The summed E-state index contributed by atoms with van der Waals surface area (Å²) in [5.41, 5.74) is 1.55. The maximum atomic E-state index is 13.0. The van der Waals surface area contributed by atoms with Crippen molar-refractivity contribution in [3.63, 3.8) is 0 Å². The van der Waals surface area contributed by atoms with Crippen LogP contribution in [0.15, 0.2) is 70.1 Å². The summed E-state index contributed by atoms with van der Waals surface area (Å²) in [4.78, 5) is 32.3. The average Bonchev–Trinajstić information content (AvgIpc) is 3.12. The highest BCUT2D eigenvalue weighted by Gasteiger charge is 2.16. The summed E-state index contributed by atoms with van der Waals surface area (Å²) in [5.74, 6) is -1.06. The van der Waals surface area contributed by atoms with Crippen molar-refractivity contribution in [2.75, 3.05) is 0 Å². The number of carbonyl (C=O) groups excluding carboxylic acids is 1. The Labute approximate surface area is 158 Å². The monoisotopic (exact) mass is 378 g/mol. The number of benzene rings is 2. The van der Waals surface area contributed by atoms with E-state index < -0.39 is 11.5 Å². The van der Waals surface area contributed by atoms with Crippen LogP contribution in [0.3, 0.4) is 0 Å². The Morgan fingerprint density at radius 2 is 1.79 bits per heavy atom. The van der Waals surface area contributed by atoms with E-state index in [2.05, 4.69) is 15.3 Å². The lowest BCUT2D eigenvalue weighted by Crippen LogP contribution is -2.23. The third kappa shape index (κ3) is 3.80. The minimum Gasteiger partial charge on any atom is -0.346 e. The topological polar surface area (TPSA) is 89.5 Å². The number of rotatable bonds is 5. The molecule has 0 radical (unpaired) electrons. The Morgan fingerprint density at radius 1 is 1.04 bits per heavy atom. The van der Waals surface area contributed by atoms with E-state index in [1.807, 2.05) is 30.3 Å². The first-order chi connectivity index (χ1) is 13.6. The van der Waals surface area contributed by atoms with E-state index in [-0.39, 0.29) is 23.9 Å². The van der Waals surface area contributed by atoms with Crippen molar-refractivity contribution in [1.82, 2.24) is 19.9 Å². The molecule has 0 saturated carbocycles. The summed E-state index contributed by atoms with van der Waals surface area (Å²) in [5, 5.41) is 2.70. The van der Waals surface area contributed by atoms with Crippen LogP contribution in [0.4, 0.5) is 4.39 Å². The fraction of sp³-hybridized carbons (Fsp3) is 0.100. The first-order valence-corrected chi connectivity index (χ1v) is 8.55. The van der Waals surface area contributed by atoms with Crippen LogP contribution >= 0.6 is 0 Å². The molecule has 0 unspecified atom stereocenters. The lowest BCUT2D eigenvalue weighted by Gasteiger charge is -2.01. The van der Waals surface area contributed by atoms with Gasteiger partial charge in [0, 0.05) is 18.5 Å². The zero-order valence-corrected chi connectivity index (χ0v) is 14.6. The molecule has 2 aromatic carbocycles. The standard InChI is InChI=1S/C20H15FN4O3/c21-16-8-6-13(7-9-16)10-15-12-25-20(23-17(15)26)24-19(28-25)18(27)22-11-14-4-2-1-3-5-14/h1-9,12H,10-11H2,(H,22,27). The third-order valence-electron chi connectivity index (χ3n) is 4.13. The number of aromatic nitrogens is 3. The summed E-state index contributed by atoms with van der Waals surface area (Å²) in [6.45, 7) is 0.319. The van der Waals surface area contributed by atoms with Crippen LogP contribution < -0.4 is 10.9 Å². The van der Waals surface area contributed by atoms with Gasteiger partial charge in [0.05, 0.1) is 6.20 Å². The Bertz CT molecular complexity index is 1180. The number of nitrogens with zero attached hydrogens (tertiary/aromatic N) is 3. The first kappa shape index (κ1) is 17.6. The first-order valence-electron chi connectivity index (χ1n) is 8.55. The van der Waals surface area contributed by atoms with Crippen LogP contribution in [0.25, 0.3) is 5.78 Å². The number of nitrogens with one attached hydrogen (secondary N) is 1. The van der Waals surface area contributed by atoms with Crippen LogP contribution in [0.1, 0.15) is 27.4 Å². The van der Waals surface area contributed by atoms with Crippen molar-refractivity contribution >= 4 is 11.7 Å². The molecule has 0 saturated heterocycles. The molecule has 0 fully saturated rings. The number of fused-ring (bicyclic) bond motifs is 1.